The molecule has 0 amide bonds. The van der Waals surface area contributed by atoms with Crippen LogP contribution < -0.4 is 16.6 Å². The third kappa shape index (κ3) is 3.81. The molecule has 0 aromatic carbocycles. The van der Waals surface area contributed by atoms with Crippen molar-refractivity contribution in [2.75, 3.05) is 20.2 Å². The number of esters is 1. The lowest BCUT2D eigenvalue weighted by molar-refractivity contribution is -0.153. The van der Waals surface area contributed by atoms with Crippen molar-refractivity contribution in [3.63, 3.8) is 0 Å². The summed E-state index contributed by atoms with van der Waals surface area (Å²) in [6.45, 7) is 0.150. The quantitative estimate of drug-likeness (QED) is 0.537. The SMILES string of the molecule is CNCCC(=O)OC1C[C@H](n2ccc(=O)[nH]c2=O)O[C@@H]1CO. The number of nitrogens with zero attached hydrogens (tertiary/aromatic N) is 1. The molecule has 9 nitrogen and oxygen atoms in total. The summed E-state index contributed by atoms with van der Waals surface area (Å²) in [6.07, 6.45) is -0.313. The van der Waals surface area contributed by atoms with Gasteiger partial charge in [-0.1, -0.05) is 0 Å². The molecule has 0 spiro atoms. The highest BCUT2D eigenvalue weighted by Crippen LogP contribution is 2.29. The molecule has 1 aromatic heterocycles. The fourth-order valence-corrected chi connectivity index (χ4v) is 2.27. The van der Waals surface area contributed by atoms with Gasteiger partial charge in [0.05, 0.1) is 13.0 Å². The number of H-pyrrole nitrogens is 1. The maximum Gasteiger partial charge on any atom is 0.330 e. The number of ether oxygens (including phenoxy) is 2. The summed E-state index contributed by atoms with van der Waals surface area (Å²) in [5.41, 5.74) is -1.12. The molecular weight excluding hydrogens is 294 g/mol. The van der Waals surface area contributed by atoms with E-state index in [2.05, 4.69) is 10.3 Å². The summed E-state index contributed by atoms with van der Waals surface area (Å²) in [5.74, 6) is -0.407. The van der Waals surface area contributed by atoms with Crippen LogP contribution in [0.5, 0.6) is 0 Å². The minimum atomic E-state index is -0.706. The Balaban J connectivity index is 2.07. The number of aliphatic hydroxyl groups excluding tert-OH is 1. The number of rotatable bonds is 6. The fraction of sp³-hybridized carbons (Fsp3) is 0.615. The minimum Gasteiger partial charge on any atom is -0.459 e. The second kappa shape index (κ2) is 7.34. The third-order valence-electron chi connectivity index (χ3n) is 3.38. The lowest BCUT2D eigenvalue weighted by atomic mass is 10.2. The molecule has 1 fully saturated rings. The first kappa shape index (κ1) is 16.4. The zero-order valence-corrected chi connectivity index (χ0v) is 12.2. The van der Waals surface area contributed by atoms with Gasteiger partial charge in [0.25, 0.3) is 5.56 Å². The van der Waals surface area contributed by atoms with Crippen LogP contribution in [0.4, 0.5) is 0 Å². The summed E-state index contributed by atoms with van der Waals surface area (Å²) < 4.78 is 12.0. The van der Waals surface area contributed by atoms with E-state index in [4.69, 9.17) is 9.47 Å². The zero-order valence-electron chi connectivity index (χ0n) is 12.2. The topological polar surface area (TPSA) is 123 Å². The first-order valence-corrected chi connectivity index (χ1v) is 6.97. The standard InChI is InChI=1S/C13H19N3O6/c1-14-4-2-12(19)22-8-6-11(21-9(8)7-17)16-5-3-10(18)15-13(16)20/h3,5,8-9,11,14,17H,2,4,6-7H2,1H3,(H,15,18,20)/t8?,9-,11-/m1/s1. The van der Waals surface area contributed by atoms with Crippen molar-refractivity contribution in [3.05, 3.63) is 33.1 Å². The van der Waals surface area contributed by atoms with Crippen molar-refractivity contribution in [2.24, 2.45) is 0 Å². The minimum absolute atomic E-state index is 0.203. The third-order valence-corrected chi connectivity index (χ3v) is 3.38. The van der Waals surface area contributed by atoms with Crippen LogP contribution in [0.15, 0.2) is 21.9 Å². The van der Waals surface area contributed by atoms with Crippen molar-refractivity contribution in [3.8, 4) is 0 Å². The number of aromatic nitrogens is 2. The van der Waals surface area contributed by atoms with Gasteiger partial charge in [-0.25, -0.2) is 4.79 Å². The molecule has 0 bridgehead atoms. The number of aliphatic hydroxyl groups is 1. The molecule has 1 aliphatic heterocycles. The van der Waals surface area contributed by atoms with Gasteiger partial charge in [-0.2, -0.15) is 0 Å². The number of nitrogens with one attached hydrogen (secondary N) is 2. The van der Waals surface area contributed by atoms with Gasteiger partial charge < -0.3 is 19.9 Å². The molecule has 1 aliphatic rings. The Morgan fingerprint density at radius 1 is 1.59 bits per heavy atom. The molecule has 0 saturated carbocycles. The predicted octanol–water partition coefficient (Wildman–Crippen LogP) is -1.66. The Hall–Kier alpha value is -1.97. The molecule has 3 atom stereocenters. The van der Waals surface area contributed by atoms with Gasteiger partial charge in [0, 0.05) is 25.2 Å². The van der Waals surface area contributed by atoms with Gasteiger partial charge in [-0.3, -0.25) is 19.1 Å². The van der Waals surface area contributed by atoms with E-state index >= 15 is 0 Å². The average Bonchev–Trinajstić information content (AvgIpc) is 2.87. The molecule has 1 saturated heterocycles. The van der Waals surface area contributed by atoms with Crippen molar-refractivity contribution < 1.29 is 19.4 Å². The Morgan fingerprint density at radius 3 is 3.00 bits per heavy atom. The number of hydrogen-bond donors (Lipinski definition) is 3. The van der Waals surface area contributed by atoms with Crippen LogP contribution in [0.2, 0.25) is 0 Å². The Bertz CT molecular complexity index is 625. The van der Waals surface area contributed by atoms with Crippen molar-refractivity contribution >= 4 is 5.97 Å². The van der Waals surface area contributed by atoms with E-state index in [1.165, 1.54) is 16.8 Å². The van der Waals surface area contributed by atoms with Crippen LogP contribution in [0.25, 0.3) is 0 Å². The van der Waals surface area contributed by atoms with Gasteiger partial charge in [0.15, 0.2) is 0 Å². The summed E-state index contributed by atoms with van der Waals surface area (Å²) >= 11 is 0. The number of carbonyl (C=O) groups excluding carboxylic acids is 1. The van der Waals surface area contributed by atoms with Gasteiger partial charge in [0.1, 0.15) is 18.4 Å². The summed E-state index contributed by atoms with van der Waals surface area (Å²) in [4.78, 5) is 36.6. The molecule has 3 N–H and O–H groups in total. The number of hydrogen-bond acceptors (Lipinski definition) is 7. The van der Waals surface area contributed by atoms with Gasteiger partial charge in [-0.15, -0.1) is 0 Å². The highest BCUT2D eigenvalue weighted by atomic mass is 16.6. The molecule has 0 radical (unpaired) electrons. The molecule has 1 unspecified atom stereocenters. The Kier molecular flexibility index (Phi) is 5.47. The predicted molar refractivity (Wildman–Crippen MR) is 75.4 cm³/mol. The molecule has 0 aliphatic carbocycles. The van der Waals surface area contributed by atoms with E-state index in [1.807, 2.05) is 0 Å². The smallest absolute Gasteiger partial charge is 0.330 e. The number of aromatic amines is 1. The maximum absolute atomic E-state index is 11.7. The molecule has 122 valence electrons. The van der Waals surface area contributed by atoms with Gasteiger partial charge in [-0.05, 0) is 7.05 Å². The van der Waals surface area contributed by atoms with Crippen molar-refractivity contribution in [1.29, 1.82) is 0 Å². The van der Waals surface area contributed by atoms with E-state index in [0.717, 1.165) is 0 Å². The van der Waals surface area contributed by atoms with Crippen LogP contribution in [0.1, 0.15) is 19.1 Å². The van der Waals surface area contributed by atoms with E-state index < -0.39 is 35.7 Å². The molecule has 22 heavy (non-hydrogen) atoms. The molecule has 1 aromatic rings. The largest absolute Gasteiger partial charge is 0.459 e. The Morgan fingerprint density at radius 2 is 2.36 bits per heavy atom. The molecule has 9 heteroatoms. The van der Waals surface area contributed by atoms with Crippen LogP contribution >= 0.6 is 0 Å². The molecular formula is C13H19N3O6. The van der Waals surface area contributed by atoms with Crippen molar-refractivity contribution in [2.45, 2.75) is 31.3 Å². The monoisotopic (exact) mass is 313 g/mol. The van der Waals surface area contributed by atoms with Crippen LogP contribution in [0.3, 0.4) is 0 Å². The van der Waals surface area contributed by atoms with Crippen LogP contribution in [-0.2, 0) is 14.3 Å². The Labute approximate surface area is 125 Å². The van der Waals surface area contributed by atoms with Gasteiger partial charge >= 0.3 is 11.7 Å². The second-order valence-corrected chi connectivity index (χ2v) is 4.95. The number of carbonyl (C=O) groups is 1. The van der Waals surface area contributed by atoms with E-state index in [-0.39, 0.29) is 19.4 Å². The zero-order chi connectivity index (χ0) is 16.1. The highest BCUT2D eigenvalue weighted by molar-refractivity contribution is 5.69. The molecule has 2 heterocycles. The van der Waals surface area contributed by atoms with Gasteiger partial charge in [0.2, 0.25) is 0 Å². The summed E-state index contributed by atoms with van der Waals surface area (Å²) in [5, 5.41) is 12.2. The van der Waals surface area contributed by atoms with E-state index in [1.54, 1.807) is 7.05 Å². The highest BCUT2D eigenvalue weighted by Gasteiger charge is 2.38. The van der Waals surface area contributed by atoms with Crippen LogP contribution in [-0.4, -0.2) is 53.0 Å². The van der Waals surface area contributed by atoms with Crippen molar-refractivity contribution in [1.82, 2.24) is 14.9 Å². The first-order valence-electron chi connectivity index (χ1n) is 6.97. The fourth-order valence-electron chi connectivity index (χ4n) is 2.27. The lowest BCUT2D eigenvalue weighted by Crippen LogP contribution is -2.31. The maximum atomic E-state index is 11.7. The first-order chi connectivity index (χ1) is 10.5. The summed E-state index contributed by atoms with van der Waals surface area (Å²) in [7, 11) is 1.72. The molecule has 2 rings (SSSR count). The summed E-state index contributed by atoms with van der Waals surface area (Å²) in [6, 6.07) is 1.20. The van der Waals surface area contributed by atoms with Crippen LogP contribution in [0, 0.1) is 0 Å². The van der Waals surface area contributed by atoms with E-state index in [0.29, 0.717) is 6.54 Å². The van der Waals surface area contributed by atoms with E-state index in [9.17, 15) is 19.5 Å². The lowest BCUT2D eigenvalue weighted by Gasteiger charge is -2.16. The second-order valence-electron chi connectivity index (χ2n) is 4.95. The average molecular weight is 313 g/mol. The normalized spacial score (nSPS) is 24.4.